The fourth-order valence-electron chi connectivity index (χ4n) is 4.27. The van der Waals surface area contributed by atoms with Crippen molar-refractivity contribution in [2.75, 3.05) is 20.3 Å². The zero-order valence-electron chi connectivity index (χ0n) is 23.5. The molecule has 0 aliphatic heterocycles. The first-order valence-corrected chi connectivity index (χ1v) is 14.0. The number of rotatable bonds is 10. The Morgan fingerprint density at radius 2 is 1.84 bits per heavy atom. The number of H-pyrrole nitrogens is 1. The molecule has 0 fully saturated rings. The van der Waals surface area contributed by atoms with Crippen LogP contribution in [0.4, 0.5) is 5.69 Å². The molecule has 1 aromatic heterocycles. The van der Waals surface area contributed by atoms with E-state index in [4.69, 9.17) is 26.2 Å². The Balaban J connectivity index is 1.79. The van der Waals surface area contributed by atoms with Gasteiger partial charge in [0.15, 0.2) is 5.78 Å². The lowest BCUT2D eigenvalue weighted by Gasteiger charge is -2.25. The van der Waals surface area contributed by atoms with Crippen molar-refractivity contribution in [2.24, 2.45) is 0 Å². The van der Waals surface area contributed by atoms with Crippen molar-refractivity contribution < 1.29 is 29.1 Å². The van der Waals surface area contributed by atoms with Crippen molar-refractivity contribution in [3.8, 4) is 11.4 Å². The maximum atomic E-state index is 13.3. The lowest BCUT2D eigenvalue weighted by molar-refractivity contribution is -0.387. The predicted octanol–water partition coefficient (Wildman–Crippen LogP) is 4.96. The molecule has 0 atom stereocenters. The van der Waals surface area contributed by atoms with Gasteiger partial charge in [0.25, 0.3) is 5.69 Å². The molecule has 0 amide bonds. The third-order valence-corrected chi connectivity index (χ3v) is 7.60. The minimum absolute atomic E-state index is 0.0197. The number of carbonyl (C=O) groups excluding carboxylic acids is 2. The van der Waals surface area contributed by atoms with Crippen molar-refractivity contribution >= 4 is 40.8 Å². The number of halogens is 1. The molecule has 3 aromatic carbocycles. The number of aliphatic hydroxyl groups excluding tert-OH is 1. The van der Waals surface area contributed by atoms with Crippen molar-refractivity contribution in [3.63, 3.8) is 0 Å². The van der Waals surface area contributed by atoms with E-state index in [2.05, 4.69) is 10.2 Å². The Morgan fingerprint density at radius 3 is 2.47 bits per heavy atom. The Bertz CT molecular complexity index is 1780. The second kappa shape index (κ2) is 12.8. The topological polar surface area (TPSA) is 167 Å². The molecule has 43 heavy (non-hydrogen) atoms. The molecular weight excluding hydrogens is 600 g/mol. The molecule has 4 aromatic rings. The molecule has 12 nitrogen and oxygen atoms in total. The Kier molecular flexibility index (Phi) is 9.38. The van der Waals surface area contributed by atoms with Crippen LogP contribution in [0.1, 0.15) is 52.6 Å². The molecule has 0 saturated heterocycles. The number of benzene rings is 3. The van der Waals surface area contributed by atoms with E-state index in [-0.39, 0.29) is 45.0 Å². The normalized spacial score (nSPS) is 11.3. The van der Waals surface area contributed by atoms with Crippen LogP contribution in [0, 0.1) is 10.1 Å². The van der Waals surface area contributed by atoms with Crippen molar-refractivity contribution in [1.29, 1.82) is 0 Å². The Morgan fingerprint density at radius 1 is 1.14 bits per heavy atom. The quantitative estimate of drug-likeness (QED) is 0.106. The van der Waals surface area contributed by atoms with Gasteiger partial charge < -0.3 is 14.6 Å². The van der Waals surface area contributed by atoms with E-state index in [9.17, 15) is 24.5 Å². The fourth-order valence-corrected chi connectivity index (χ4v) is 5.42. The fraction of sp³-hybridized carbons (Fsp3) is 0.241. The van der Waals surface area contributed by atoms with Crippen LogP contribution in [0.15, 0.2) is 69.4 Å². The van der Waals surface area contributed by atoms with Crippen LogP contribution in [-0.4, -0.2) is 56.9 Å². The lowest BCUT2D eigenvalue weighted by Crippen LogP contribution is -2.22. The first-order chi connectivity index (χ1) is 20.4. The van der Waals surface area contributed by atoms with E-state index in [0.29, 0.717) is 17.0 Å². The van der Waals surface area contributed by atoms with Crippen LogP contribution in [0.5, 0.6) is 5.75 Å². The van der Waals surface area contributed by atoms with Gasteiger partial charge in [0.1, 0.15) is 12.4 Å². The van der Waals surface area contributed by atoms with E-state index in [0.717, 1.165) is 17.8 Å². The lowest BCUT2D eigenvalue weighted by atomic mass is 9.85. The van der Waals surface area contributed by atoms with Crippen LogP contribution in [0.2, 0.25) is 5.02 Å². The SMILES string of the molecule is COC(=O)c1ccccc1C(=O)c1ccc(Sc2n[nH]c(=O)n2-c2cc(Cl)c(OCCO)cc2C(C)(C)C)c([N+](=O)[O-])c1. The summed E-state index contributed by atoms with van der Waals surface area (Å²) in [4.78, 5) is 50.1. The predicted molar refractivity (Wildman–Crippen MR) is 159 cm³/mol. The Hall–Kier alpha value is -4.46. The van der Waals surface area contributed by atoms with Crippen molar-refractivity contribution in [2.45, 2.75) is 36.2 Å². The standard InChI is InChI=1S/C29H27ClN4O8S/c1-29(2,3)19-14-23(42-12-11-35)20(30)15-21(19)33-27(38)31-32-28(33)43-24-10-9-16(13-22(24)34(39)40)25(36)17-7-5-6-8-18(17)26(37)41-4/h5-10,13-15,35H,11-12H2,1-4H3,(H,31,38). The minimum atomic E-state index is -0.718. The van der Waals surface area contributed by atoms with Crippen molar-refractivity contribution in [3.05, 3.63) is 102 Å². The summed E-state index contributed by atoms with van der Waals surface area (Å²) >= 11 is 7.31. The summed E-state index contributed by atoms with van der Waals surface area (Å²) in [5.41, 5.74) is -0.450. The minimum Gasteiger partial charge on any atom is -0.490 e. The number of aromatic amines is 1. The van der Waals surface area contributed by atoms with E-state index < -0.39 is 33.5 Å². The number of aromatic nitrogens is 3. The van der Waals surface area contributed by atoms with Gasteiger partial charge in [-0.15, -0.1) is 5.10 Å². The summed E-state index contributed by atoms with van der Waals surface area (Å²) in [6, 6.07) is 13.1. The summed E-state index contributed by atoms with van der Waals surface area (Å²) < 4.78 is 11.6. The third-order valence-electron chi connectivity index (χ3n) is 6.29. The maximum absolute atomic E-state index is 13.3. The molecule has 0 bridgehead atoms. The highest BCUT2D eigenvalue weighted by Gasteiger charge is 2.27. The molecular formula is C29H27ClN4O8S. The van der Waals surface area contributed by atoms with Crippen LogP contribution in [-0.2, 0) is 10.2 Å². The number of hydrogen-bond donors (Lipinski definition) is 2. The van der Waals surface area contributed by atoms with Gasteiger partial charge in [-0.2, -0.15) is 0 Å². The van der Waals surface area contributed by atoms with Gasteiger partial charge >= 0.3 is 11.7 Å². The summed E-state index contributed by atoms with van der Waals surface area (Å²) in [6.45, 7) is 5.57. The average Bonchev–Trinajstić information content (AvgIpc) is 3.34. The number of nitro groups is 1. The largest absolute Gasteiger partial charge is 0.490 e. The van der Waals surface area contributed by atoms with E-state index >= 15 is 0 Å². The summed E-state index contributed by atoms with van der Waals surface area (Å²) in [5.74, 6) is -1.00. The molecule has 0 saturated carbocycles. The molecule has 0 unspecified atom stereocenters. The number of aliphatic hydroxyl groups is 1. The average molecular weight is 627 g/mol. The van der Waals surface area contributed by atoms with Gasteiger partial charge in [-0.25, -0.2) is 19.3 Å². The monoisotopic (exact) mass is 626 g/mol. The smallest absolute Gasteiger partial charge is 0.348 e. The Labute approximate surface area is 254 Å². The first-order valence-electron chi connectivity index (χ1n) is 12.8. The second-order valence-electron chi connectivity index (χ2n) is 10.2. The van der Waals surface area contributed by atoms with Gasteiger partial charge in [0, 0.05) is 17.2 Å². The molecule has 224 valence electrons. The highest BCUT2D eigenvalue weighted by atomic mass is 35.5. The number of nitrogens with zero attached hydrogens (tertiary/aromatic N) is 3. The molecule has 14 heteroatoms. The number of methoxy groups -OCH3 is 1. The maximum Gasteiger partial charge on any atom is 0.348 e. The summed E-state index contributed by atoms with van der Waals surface area (Å²) in [7, 11) is 1.19. The van der Waals surface area contributed by atoms with E-state index in [1.54, 1.807) is 18.2 Å². The number of ketones is 1. The molecule has 4 rings (SSSR count). The van der Waals surface area contributed by atoms with E-state index in [1.165, 1.54) is 42.0 Å². The number of nitro benzene ring substituents is 1. The highest BCUT2D eigenvalue weighted by Crippen LogP contribution is 2.40. The van der Waals surface area contributed by atoms with Crippen LogP contribution >= 0.6 is 23.4 Å². The van der Waals surface area contributed by atoms with Crippen LogP contribution in [0.3, 0.4) is 0 Å². The van der Waals surface area contributed by atoms with Gasteiger partial charge in [-0.05, 0) is 53.1 Å². The van der Waals surface area contributed by atoms with Crippen LogP contribution < -0.4 is 10.4 Å². The van der Waals surface area contributed by atoms with Crippen LogP contribution in [0.25, 0.3) is 5.69 Å². The molecule has 0 aliphatic rings. The number of ether oxygens (including phenoxy) is 2. The molecule has 2 N–H and O–H groups in total. The summed E-state index contributed by atoms with van der Waals surface area (Å²) in [5, 5.41) is 28.0. The summed E-state index contributed by atoms with van der Waals surface area (Å²) in [6.07, 6.45) is 0. The zero-order chi connectivity index (χ0) is 31.5. The first kappa shape index (κ1) is 31.5. The van der Waals surface area contributed by atoms with Gasteiger partial charge in [0.05, 0.1) is 39.8 Å². The number of nitrogens with one attached hydrogen (secondary N) is 1. The van der Waals surface area contributed by atoms with Crippen molar-refractivity contribution in [1.82, 2.24) is 14.8 Å². The zero-order valence-corrected chi connectivity index (χ0v) is 25.1. The van der Waals surface area contributed by atoms with Gasteiger partial charge in [0.2, 0.25) is 5.16 Å². The number of hydrogen-bond acceptors (Lipinski definition) is 10. The number of esters is 1. The molecule has 0 radical (unpaired) electrons. The third kappa shape index (κ3) is 6.63. The van der Waals surface area contributed by atoms with Gasteiger partial charge in [-0.3, -0.25) is 14.9 Å². The molecule has 0 spiro atoms. The molecule has 1 heterocycles. The number of carbonyl (C=O) groups is 2. The molecule has 0 aliphatic carbocycles. The second-order valence-corrected chi connectivity index (χ2v) is 11.6. The highest BCUT2D eigenvalue weighted by molar-refractivity contribution is 7.99. The van der Waals surface area contributed by atoms with Gasteiger partial charge in [-0.1, -0.05) is 50.6 Å². The van der Waals surface area contributed by atoms with E-state index in [1.807, 2.05) is 20.8 Å².